The molecule has 1 aromatic rings. The molecular formula is C14H20BrClS. The van der Waals surface area contributed by atoms with Gasteiger partial charge in [-0.3, -0.25) is 0 Å². The fourth-order valence-electron chi connectivity index (χ4n) is 2.63. The Hall–Kier alpha value is 0.470. The predicted octanol–water partition coefficient (Wildman–Crippen LogP) is 6.46. The quantitative estimate of drug-likeness (QED) is 0.544. The minimum Gasteiger partial charge on any atom is -0.143 e. The van der Waals surface area contributed by atoms with E-state index in [9.17, 15) is 0 Å². The average molecular weight is 336 g/mol. The van der Waals surface area contributed by atoms with Gasteiger partial charge < -0.3 is 0 Å². The molecule has 96 valence electrons. The molecule has 1 aliphatic rings. The molecule has 17 heavy (non-hydrogen) atoms. The van der Waals surface area contributed by atoms with Gasteiger partial charge in [-0.15, -0.1) is 22.9 Å². The first-order valence-electron chi connectivity index (χ1n) is 6.58. The van der Waals surface area contributed by atoms with Crippen LogP contribution in [0.1, 0.15) is 60.1 Å². The number of rotatable bonds is 2. The highest BCUT2D eigenvalue weighted by Crippen LogP contribution is 2.42. The van der Waals surface area contributed by atoms with E-state index in [4.69, 9.17) is 11.6 Å². The lowest BCUT2D eigenvalue weighted by Crippen LogP contribution is -2.09. The van der Waals surface area contributed by atoms with Crippen molar-refractivity contribution in [1.82, 2.24) is 0 Å². The van der Waals surface area contributed by atoms with Crippen LogP contribution in [0.25, 0.3) is 0 Å². The summed E-state index contributed by atoms with van der Waals surface area (Å²) >= 11 is 12.1. The van der Waals surface area contributed by atoms with Crippen LogP contribution in [-0.4, -0.2) is 0 Å². The molecule has 0 saturated heterocycles. The summed E-state index contributed by atoms with van der Waals surface area (Å²) in [5.74, 6) is 0.682. The Morgan fingerprint density at radius 3 is 2.35 bits per heavy atom. The van der Waals surface area contributed by atoms with Crippen LogP contribution in [-0.2, 0) is 0 Å². The van der Waals surface area contributed by atoms with Crippen LogP contribution in [0.4, 0.5) is 0 Å². The minimum absolute atomic E-state index is 0.225. The zero-order valence-corrected chi connectivity index (χ0v) is 13.5. The van der Waals surface area contributed by atoms with Crippen LogP contribution >= 0.6 is 38.9 Å². The summed E-state index contributed by atoms with van der Waals surface area (Å²) in [6.45, 7) is 2.15. The molecule has 2 rings (SSSR count). The van der Waals surface area contributed by atoms with E-state index in [-0.39, 0.29) is 5.38 Å². The van der Waals surface area contributed by atoms with E-state index < -0.39 is 0 Å². The van der Waals surface area contributed by atoms with Crippen LogP contribution in [0.15, 0.2) is 10.5 Å². The Labute approximate surface area is 122 Å². The Morgan fingerprint density at radius 1 is 1.24 bits per heavy atom. The number of halogens is 2. The first kappa shape index (κ1) is 13.9. The third kappa shape index (κ3) is 3.71. The molecule has 0 bridgehead atoms. The largest absolute Gasteiger partial charge is 0.143 e. The Morgan fingerprint density at radius 2 is 1.82 bits per heavy atom. The van der Waals surface area contributed by atoms with Gasteiger partial charge in [0.05, 0.1) is 5.38 Å². The normalized spacial score (nSPS) is 20.9. The molecule has 0 aromatic carbocycles. The predicted molar refractivity (Wildman–Crippen MR) is 81.2 cm³/mol. The van der Waals surface area contributed by atoms with Crippen LogP contribution in [0.5, 0.6) is 0 Å². The van der Waals surface area contributed by atoms with Gasteiger partial charge in [-0.2, -0.15) is 0 Å². The van der Waals surface area contributed by atoms with E-state index in [0.29, 0.717) is 5.92 Å². The number of hydrogen-bond donors (Lipinski definition) is 0. The van der Waals surface area contributed by atoms with Crippen molar-refractivity contribution in [2.24, 2.45) is 5.92 Å². The van der Waals surface area contributed by atoms with Crippen LogP contribution in [0, 0.1) is 12.8 Å². The monoisotopic (exact) mass is 334 g/mol. The fraction of sp³-hybridized carbons (Fsp3) is 0.714. The molecule has 1 aromatic heterocycles. The fourth-order valence-corrected chi connectivity index (χ4v) is 4.71. The molecule has 1 saturated carbocycles. The third-order valence-electron chi connectivity index (χ3n) is 3.71. The summed E-state index contributed by atoms with van der Waals surface area (Å²) in [5.41, 5.74) is 0. The number of aryl methyl sites for hydroxylation is 1. The molecule has 0 nitrogen and oxygen atoms in total. The van der Waals surface area contributed by atoms with E-state index >= 15 is 0 Å². The van der Waals surface area contributed by atoms with Gasteiger partial charge in [0.1, 0.15) is 0 Å². The first-order valence-corrected chi connectivity index (χ1v) is 8.63. The lowest BCUT2D eigenvalue weighted by atomic mass is 9.88. The first-order chi connectivity index (χ1) is 8.18. The molecule has 1 fully saturated rings. The highest BCUT2D eigenvalue weighted by atomic mass is 79.9. The molecule has 0 aliphatic heterocycles. The van der Waals surface area contributed by atoms with Gasteiger partial charge in [-0.1, -0.05) is 32.1 Å². The van der Waals surface area contributed by atoms with Crippen molar-refractivity contribution in [3.8, 4) is 0 Å². The SMILES string of the molecule is Cc1sc(C(Cl)C2CCCCCCC2)cc1Br. The Balaban J connectivity index is 2.04. The molecular weight excluding hydrogens is 316 g/mol. The van der Waals surface area contributed by atoms with Gasteiger partial charge in [0, 0.05) is 14.2 Å². The smallest absolute Gasteiger partial charge is 0.0707 e. The van der Waals surface area contributed by atoms with Crippen molar-refractivity contribution in [2.75, 3.05) is 0 Å². The lowest BCUT2D eigenvalue weighted by Gasteiger charge is -2.23. The maximum absolute atomic E-state index is 6.69. The van der Waals surface area contributed by atoms with Gasteiger partial charge in [0.25, 0.3) is 0 Å². The maximum Gasteiger partial charge on any atom is 0.0707 e. The Kier molecular flexibility index (Phi) is 5.38. The molecule has 1 unspecified atom stereocenters. The van der Waals surface area contributed by atoms with Crippen molar-refractivity contribution in [3.63, 3.8) is 0 Å². The Bertz CT molecular complexity index is 334. The average Bonchev–Trinajstić information content (AvgIpc) is 2.58. The van der Waals surface area contributed by atoms with Crippen molar-refractivity contribution < 1.29 is 0 Å². The van der Waals surface area contributed by atoms with E-state index in [0.717, 1.165) is 0 Å². The molecule has 1 atom stereocenters. The van der Waals surface area contributed by atoms with Crippen molar-refractivity contribution in [1.29, 1.82) is 0 Å². The van der Waals surface area contributed by atoms with Crippen LogP contribution < -0.4 is 0 Å². The van der Waals surface area contributed by atoms with Gasteiger partial charge in [-0.25, -0.2) is 0 Å². The number of alkyl halides is 1. The highest BCUT2D eigenvalue weighted by Gasteiger charge is 2.23. The maximum atomic E-state index is 6.69. The van der Waals surface area contributed by atoms with Gasteiger partial charge >= 0.3 is 0 Å². The topological polar surface area (TPSA) is 0 Å². The van der Waals surface area contributed by atoms with Crippen LogP contribution in [0.3, 0.4) is 0 Å². The second-order valence-corrected chi connectivity index (χ2v) is 7.67. The van der Waals surface area contributed by atoms with E-state index in [1.807, 2.05) is 11.3 Å². The van der Waals surface area contributed by atoms with E-state index in [1.54, 1.807) is 0 Å². The minimum atomic E-state index is 0.225. The van der Waals surface area contributed by atoms with E-state index in [1.165, 1.54) is 59.2 Å². The molecule has 3 heteroatoms. The third-order valence-corrected chi connectivity index (χ3v) is 6.65. The molecule has 0 radical (unpaired) electrons. The zero-order chi connectivity index (χ0) is 12.3. The van der Waals surface area contributed by atoms with Gasteiger partial charge in [0.15, 0.2) is 0 Å². The van der Waals surface area contributed by atoms with Crippen molar-refractivity contribution >= 4 is 38.9 Å². The highest BCUT2D eigenvalue weighted by molar-refractivity contribution is 9.10. The van der Waals surface area contributed by atoms with Gasteiger partial charge in [-0.05, 0) is 47.7 Å². The molecule has 0 N–H and O–H groups in total. The molecule has 0 amide bonds. The summed E-state index contributed by atoms with van der Waals surface area (Å²) < 4.78 is 1.22. The van der Waals surface area contributed by atoms with E-state index in [2.05, 4.69) is 28.9 Å². The molecule has 0 spiro atoms. The number of hydrogen-bond acceptors (Lipinski definition) is 1. The summed E-state index contributed by atoms with van der Waals surface area (Å²) in [4.78, 5) is 2.69. The number of thiophene rings is 1. The zero-order valence-electron chi connectivity index (χ0n) is 10.3. The summed E-state index contributed by atoms with van der Waals surface area (Å²) in [7, 11) is 0. The standard InChI is InChI=1S/C14H20BrClS/c1-10-12(15)9-13(17-10)14(16)11-7-5-3-2-4-6-8-11/h9,11,14H,2-8H2,1H3. The second-order valence-electron chi connectivity index (χ2n) is 5.06. The summed E-state index contributed by atoms with van der Waals surface area (Å²) in [5, 5.41) is 0.225. The molecule has 1 heterocycles. The summed E-state index contributed by atoms with van der Waals surface area (Å²) in [6.07, 6.45) is 9.55. The van der Waals surface area contributed by atoms with Crippen molar-refractivity contribution in [3.05, 3.63) is 20.3 Å². The van der Waals surface area contributed by atoms with Gasteiger partial charge in [0.2, 0.25) is 0 Å². The lowest BCUT2D eigenvalue weighted by molar-refractivity contribution is 0.370. The second kappa shape index (κ2) is 6.58. The van der Waals surface area contributed by atoms with Crippen LogP contribution in [0.2, 0.25) is 0 Å². The molecule has 1 aliphatic carbocycles. The van der Waals surface area contributed by atoms with Crippen molar-refractivity contribution in [2.45, 2.75) is 57.2 Å². The summed E-state index contributed by atoms with van der Waals surface area (Å²) in [6, 6.07) is 2.22.